The van der Waals surface area contributed by atoms with E-state index in [1.165, 1.54) is 103 Å². The highest BCUT2D eigenvalue weighted by Crippen LogP contribution is 2.49. The van der Waals surface area contributed by atoms with Gasteiger partial charge in [-0.25, -0.2) is 0 Å². The van der Waals surface area contributed by atoms with Crippen molar-refractivity contribution in [3.8, 4) is 11.5 Å². The van der Waals surface area contributed by atoms with Crippen molar-refractivity contribution in [2.45, 2.75) is 142 Å². The minimum Gasteiger partial charge on any atom is -0.380 e. The zero-order chi connectivity index (χ0) is 22.0. The van der Waals surface area contributed by atoms with Gasteiger partial charge < -0.3 is 5.11 Å². The molecule has 2 saturated carbocycles. The van der Waals surface area contributed by atoms with Gasteiger partial charge in [0.05, 0.1) is 0 Å². The van der Waals surface area contributed by atoms with Gasteiger partial charge in [0.15, 0.2) is 0 Å². The van der Waals surface area contributed by atoms with Crippen molar-refractivity contribution < 1.29 is 5.11 Å². The number of hydrogen-bond donors (Lipinski definition) is 1. The van der Waals surface area contributed by atoms with E-state index in [0.717, 1.165) is 17.8 Å². The van der Waals surface area contributed by atoms with Crippen LogP contribution in [0.4, 0.5) is 0 Å². The Labute approximate surface area is 190 Å². The van der Waals surface area contributed by atoms with Crippen LogP contribution >= 0.6 is 0 Å². The first kappa shape index (κ1) is 26.0. The lowest BCUT2D eigenvalue weighted by molar-refractivity contribution is -0.00116. The molecule has 0 bridgehead atoms. The first-order valence-corrected chi connectivity index (χ1v) is 17.0. The Kier molecular flexibility index (Phi) is 11.0. The van der Waals surface area contributed by atoms with E-state index < -0.39 is 14.2 Å². The summed E-state index contributed by atoms with van der Waals surface area (Å²) in [5.41, 5.74) is 3.55. The predicted octanol–water partition coefficient (Wildman–Crippen LogP) is 8.37. The van der Waals surface area contributed by atoms with Crippen LogP contribution < -0.4 is 0 Å². The summed E-state index contributed by atoms with van der Waals surface area (Å²) in [7, 11) is -1.43. The van der Waals surface area contributed by atoms with Crippen LogP contribution in [0.2, 0.25) is 19.6 Å². The number of unbranched alkanes of at least 4 members (excludes halogenated alkanes) is 4. The van der Waals surface area contributed by atoms with E-state index in [-0.39, 0.29) is 5.41 Å². The molecule has 0 spiro atoms. The lowest BCUT2D eigenvalue weighted by atomic mass is 9.61. The molecule has 0 aliphatic heterocycles. The lowest BCUT2D eigenvalue weighted by Gasteiger charge is -2.45. The largest absolute Gasteiger partial charge is 0.380 e. The Bertz CT molecular complexity index is 521. The fourth-order valence-electron chi connectivity index (χ4n) is 6.14. The van der Waals surface area contributed by atoms with Crippen molar-refractivity contribution in [2.24, 2.45) is 23.2 Å². The van der Waals surface area contributed by atoms with Gasteiger partial charge in [0.25, 0.3) is 0 Å². The minimum absolute atomic E-state index is 0.0790. The number of aliphatic hydroxyl groups is 1. The van der Waals surface area contributed by atoms with Crippen molar-refractivity contribution in [1.29, 1.82) is 0 Å². The molecular formula is C28H52OSi. The van der Waals surface area contributed by atoms with E-state index in [4.69, 9.17) is 0 Å². The Morgan fingerprint density at radius 1 is 0.833 bits per heavy atom. The normalized spacial score (nSPS) is 31.1. The summed E-state index contributed by atoms with van der Waals surface area (Å²) in [6.07, 6.45) is 21.3. The van der Waals surface area contributed by atoms with Gasteiger partial charge in [-0.3, -0.25) is 0 Å². The maximum absolute atomic E-state index is 11.2. The second-order valence-electron chi connectivity index (χ2n) is 11.9. The second-order valence-corrected chi connectivity index (χ2v) is 16.6. The maximum Gasteiger partial charge on any atom is 0.129 e. The molecule has 0 radical (unpaired) electrons. The quantitative estimate of drug-likeness (QED) is 0.209. The Morgan fingerprint density at radius 3 is 1.97 bits per heavy atom. The maximum atomic E-state index is 11.2. The minimum atomic E-state index is -1.43. The Hall–Kier alpha value is -0.263. The van der Waals surface area contributed by atoms with Gasteiger partial charge in [-0.2, -0.15) is 0 Å². The molecule has 1 nitrogen and oxygen atoms in total. The van der Waals surface area contributed by atoms with Crippen LogP contribution in [0.25, 0.3) is 0 Å². The molecule has 2 aliphatic carbocycles. The van der Waals surface area contributed by atoms with Crippen LogP contribution in [-0.4, -0.2) is 19.3 Å². The van der Waals surface area contributed by atoms with Crippen LogP contribution in [0, 0.1) is 34.6 Å². The van der Waals surface area contributed by atoms with E-state index >= 15 is 0 Å². The van der Waals surface area contributed by atoms with Gasteiger partial charge in [-0.15, -0.1) is 5.54 Å². The molecule has 0 saturated heterocycles. The number of aliphatic hydroxyl groups excluding tert-OH is 1. The van der Waals surface area contributed by atoms with Gasteiger partial charge >= 0.3 is 0 Å². The van der Waals surface area contributed by atoms with Crippen LogP contribution in [-0.2, 0) is 0 Å². The summed E-state index contributed by atoms with van der Waals surface area (Å²) in [6.45, 7) is 11.4. The number of hydrogen-bond acceptors (Lipinski definition) is 1. The number of rotatable bonds is 10. The monoisotopic (exact) mass is 432 g/mol. The SMILES string of the molecule is CCCCCC1CCC(C2CCC(CCCCC)(C(O)C#C[Si](C)(C)C)CC2)CC1. The van der Waals surface area contributed by atoms with Gasteiger partial charge in [0.1, 0.15) is 14.2 Å². The van der Waals surface area contributed by atoms with Crippen molar-refractivity contribution >= 4 is 8.07 Å². The summed E-state index contributed by atoms with van der Waals surface area (Å²) in [4.78, 5) is 0. The average molecular weight is 433 g/mol. The summed E-state index contributed by atoms with van der Waals surface area (Å²) in [5.74, 6) is 6.25. The van der Waals surface area contributed by atoms with E-state index in [9.17, 15) is 5.11 Å². The van der Waals surface area contributed by atoms with E-state index in [1.807, 2.05) is 0 Å². The fourth-order valence-corrected chi connectivity index (χ4v) is 6.71. The molecule has 30 heavy (non-hydrogen) atoms. The summed E-state index contributed by atoms with van der Waals surface area (Å²) < 4.78 is 0. The Balaban J connectivity index is 1.90. The zero-order valence-electron chi connectivity index (χ0n) is 21.1. The highest BCUT2D eigenvalue weighted by molar-refractivity contribution is 6.83. The predicted molar refractivity (Wildman–Crippen MR) is 135 cm³/mol. The van der Waals surface area contributed by atoms with Crippen molar-refractivity contribution in [1.82, 2.24) is 0 Å². The van der Waals surface area contributed by atoms with Crippen LogP contribution in [0.1, 0.15) is 117 Å². The van der Waals surface area contributed by atoms with E-state index in [2.05, 4.69) is 45.0 Å². The van der Waals surface area contributed by atoms with Gasteiger partial charge in [0, 0.05) is 5.41 Å². The third-order valence-corrected chi connectivity index (χ3v) is 9.14. The standard InChI is InChI=1S/C28H52OSi/c1-6-8-10-12-24-13-15-25(16-14-24)26-17-21-28(22-18-26,20-11-9-7-2)27(29)19-23-30(3,4)5/h24-27,29H,6-18,20-22H2,1-5H3. The first-order chi connectivity index (χ1) is 14.3. The zero-order valence-corrected chi connectivity index (χ0v) is 22.1. The molecule has 0 amide bonds. The van der Waals surface area contributed by atoms with Crippen LogP contribution in [0.5, 0.6) is 0 Å². The summed E-state index contributed by atoms with van der Waals surface area (Å²) in [5, 5.41) is 11.2. The third-order valence-electron chi connectivity index (χ3n) is 8.24. The van der Waals surface area contributed by atoms with Crippen molar-refractivity contribution in [3.63, 3.8) is 0 Å². The fraction of sp³-hybridized carbons (Fsp3) is 0.929. The van der Waals surface area contributed by atoms with Gasteiger partial charge in [0.2, 0.25) is 0 Å². The molecule has 2 fully saturated rings. The highest BCUT2D eigenvalue weighted by Gasteiger charge is 2.42. The van der Waals surface area contributed by atoms with Gasteiger partial charge in [-0.1, -0.05) is 97.2 Å². The van der Waals surface area contributed by atoms with Crippen molar-refractivity contribution in [2.75, 3.05) is 0 Å². The smallest absolute Gasteiger partial charge is 0.129 e. The topological polar surface area (TPSA) is 20.2 Å². The second kappa shape index (κ2) is 12.7. The van der Waals surface area contributed by atoms with E-state index in [0.29, 0.717) is 0 Å². The van der Waals surface area contributed by atoms with Crippen LogP contribution in [0.3, 0.4) is 0 Å². The molecule has 2 aliphatic rings. The Morgan fingerprint density at radius 2 is 1.40 bits per heavy atom. The molecule has 1 unspecified atom stereocenters. The molecule has 2 heteroatoms. The average Bonchev–Trinajstić information content (AvgIpc) is 2.73. The molecular weight excluding hydrogens is 380 g/mol. The highest BCUT2D eigenvalue weighted by atomic mass is 28.3. The molecule has 1 atom stereocenters. The molecule has 0 aromatic heterocycles. The molecule has 0 aromatic rings. The van der Waals surface area contributed by atoms with E-state index in [1.54, 1.807) is 0 Å². The van der Waals surface area contributed by atoms with Gasteiger partial charge in [-0.05, 0) is 62.7 Å². The molecule has 0 heterocycles. The first-order valence-electron chi connectivity index (χ1n) is 13.5. The molecule has 0 aromatic carbocycles. The van der Waals surface area contributed by atoms with Crippen molar-refractivity contribution in [3.05, 3.63) is 0 Å². The molecule has 2 rings (SSSR count). The summed E-state index contributed by atoms with van der Waals surface area (Å²) >= 11 is 0. The molecule has 1 N–H and O–H groups in total. The third kappa shape index (κ3) is 8.35. The molecule has 174 valence electrons. The lowest BCUT2D eigenvalue weighted by Crippen LogP contribution is -2.40. The summed E-state index contributed by atoms with van der Waals surface area (Å²) in [6, 6.07) is 0. The van der Waals surface area contributed by atoms with Crippen LogP contribution in [0.15, 0.2) is 0 Å².